The number of hydrogen-bond donors (Lipinski definition) is 1. The fraction of sp³-hybridized carbons (Fsp3) is 0.438. The Labute approximate surface area is 139 Å². The van der Waals surface area contributed by atoms with Crippen LogP contribution in [0.15, 0.2) is 24.3 Å². The number of carbonyl (C=O) groups excluding carboxylic acids is 2. The summed E-state index contributed by atoms with van der Waals surface area (Å²) in [5, 5.41) is 2.79. The van der Waals surface area contributed by atoms with Crippen LogP contribution in [-0.2, 0) is 9.53 Å². The second-order valence-corrected chi connectivity index (χ2v) is 5.64. The van der Waals surface area contributed by atoms with Crippen LogP contribution in [0.5, 0.6) is 0 Å². The molecule has 1 saturated heterocycles. The predicted molar refractivity (Wildman–Crippen MR) is 87.4 cm³/mol. The van der Waals surface area contributed by atoms with Gasteiger partial charge in [0.2, 0.25) is 0 Å². The minimum Gasteiger partial charge on any atom is -0.466 e. The summed E-state index contributed by atoms with van der Waals surface area (Å²) in [7, 11) is 0. The molecule has 0 radical (unpaired) electrons. The number of carbonyl (C=O) groups is 2. The van der Waals surface area contributed by atoms with Gasteiger partial charge in [-0.1, -0.05) is 12.1 Å². The molecule has 1 aromatic carbocycles. The van der Waals surface area contributed by atoms with Crippen molar-refractivity contribution in [2.24, 2.45) is 5.92 Å². The number of benzene rings is 1. The van der Waals surface area contributed by atoms with Crippen molar-refractivity contribution in [2.75, 3.05) is 19.7 Å². The molecule has 124 valence electrons. The maximum Gasteiger partial charge on any atom is 0.309 e. The maximum atomic E-state index is 13.6. The monoisotopic (exact) mass is 338 g/mol. The first-order valence-corrected chi connectivity index (χ1v) is 7.95. The Hall–Kier alpha value is -2.02. The molecule has 0 aromatic heterocycles. The highest BCUT2D eigenvalue weighted by Gasteiger charge is 2.27. The van der Waals surface area contributed by atoms with Crippen molar-refractivity contribution in [2.45, 2.75) is 19.8 Å². The molecule has 23 heavy (non-hydrogen) atoms. The molecule has 0 saturated carbocycles. The van der Waals surface area contributed by atoms with Crippen molar-refractivity contribution in [1.29, 1.82) is 0 Å². The molecular formula is C16H19FN2O3S. The van der Waals surface area contributed by atoms with E-state index in [0.29, 0.717) is 32.5 Å². The van der Waals surface area contributed by atoms with Gasteiger partial charge in [-0.15, -0.1) is 0 Å². The van der Waals surface area contributed by atoms with Gasteiger partial charge in [-0.2, -0.15) is 0 Å². The Morgan fingerprint density at radius 3 is 2.61 bits per heavy atom. The standard InChI is InChI=1S/C16H19FN2O3S/c1-2-22-15(21)11-7-9-19(10-8-11)16(23)18-14(20)12-5-3-4-6-13(12)17/h3-6,11H,2,7-10H2,1H3,(H,18,20,23). The van der Waals surface area contributed by atoms with E-state index >= 15 is 0 Å². The van der Waals surface area contributed by atoms with Crippen molar-refractivity contribution in [1.82, 2.24) is 10.2 Å². The van der Waals surface area contributed by atoms with Gasteiger partial charge < -0.3 is 9.64 Å². The molecule has 0 unspecified atom stereocenters. The SMILES string of the molecule is CCOC(=O)C1CCN(C(=S)NC(=O)c2ccccc2F)CC1. The van der Waals surface area contributed by atoms with Gasteiger partial charge in [0.1, 0.15) is 5.82 Å². The summed E-state index contributed by atoms with van der Waals surface area (Å²) in [5.74, 6) is -1.47. The highest BCUT2D eigenvalue weighted by atomic mass is 32.1. The number of amides is 1. The number of piperidine rings is 1. The third-order valence-electron chi connectivity index (χ3n) is 3.74. The van der Waals surface area contributed by atoms with E-state index in [1.807, 2.05) is 4.90 Å². The fourth-order valence-electron chi connectivity index (χ4n) is 2.47. The zero-order chi connectivity index (χ0) is 16.8. The zero-order valence-electron chi connectivity index (χ0n) is 12.9. The van der Waals surface area contributed by atoms with Crippen LogP contribution in [-0.4, -0.2) is 41.6 Å². The lowest BCUT2D eigenvalue weighted by Gasteiger charge is -2.32. The number of nitrogens with one attached hydrogen (secondary N) is 1. The first-order valence-electron chi connectivity index (χ1n) is 7.54. The highest BCUT2D eigenvalue weighted by Crippen LogP contribution is 2.19. The number of hydrogen-bond acceptors (Lipinski definition) is 4. The predicted octanol–water partition coefficient (Wildman–Crippen LogP) is 2.12. The molecule has 5 nitrogen and oxygen atoms in total. The lowest BCUT2D eigenvalue weighted by molar-refractivity contribution is -0.149. The summed E-state index contributed by atoms with van der Waals surface area (Å²) in [5.41, 5.74) is -0.0451. The van der Waals surface area contributed by atoms with E-state index in [1.54, 1.807) is 13.0 Å². The van der Waals surface area contributed by atoms with Crippen molar-refractivity contribution in [3.8, 4) is 0 Å². The number of ether oxygens (including phenoxy) is 1. The molecule has 7 heteroatoms. The average molecular weight is 338 g/mol. The average Bonchev–Trinajstić information content (AvgIpc) is 2.55. The number of rotatable bonds is 3. The number of halogens is 1. The molecule has 0 aliphatic carbocycles. The van der Waals surface area contributed by atoms with Gasteiger partial charge in [0.05, 0.1) is 18.1 Å². The van der Waals surface area contributed by atoms with E-state index in [9.17, 15) is 14.0 Å². The van der Waals surface area contributed by atoms with Gasteiger partial charge in [-0.3, -0.25) is 14.9 Å². The number of likely N-dealkylation sites (tertiary alicyclic amines) is 1. The minimum absolute atomic E-state index is 0.0451. The van der Waals surface area contributed by atoms with E-state index in [4.69, 9.17) is 17.0 Å². The summed E-state index contributed by atoms with van der Waals surface area (Å²) >= 11 is 5.20. The third-order valence-corrected chi connectivity index (χ3v) is 4.10. The van der Waals surface area contributed by atoms with Crippen LogP contribution in [0.25, 0.3) is 0 Å². The van der Waals surface area contributed by atoms with Gasteiger partial charge in [0.25, 0.3) is 5.91 Å². The first kappa shape index (κ1) is 17.3. The summed E-state index contributed by atoms with van der Waals surface area (Å²) in [6, 6.07) is 5.74. The normalized spacial score (nSPS) is 15.1. The number of esters is 1. The Bertz CT molecular complexity index is 601. The molecule has 1 heterocycles. The second-order valence-electron chi connectivity index (χ2n) is 5.25. The fourth-order valence-corrected chi connectivity index (χ4v) is 2.74. The van der Waals surface area contributed by atoms with Crippen LogP contribution in [0.2, 0.25) is 0 Å². The molecule has 1 aliphatic heterocycles. The van der Waals surface area contributed by atoms with Gasteiger partial charge in [0.15, 0.2) is 5.11 Å². The van der Waals surface area contributed by atoms with Crippen molar-refractivity contribution >= 4 is 29.2 Å². The van der Waals surface area contributed by atoms with Crippen LogP contribution in [0.4, 0.5) is 4.39 Å². The van der Waals surface area contributed by atoms with Crippen LogP contribution < -0.4 is 5.32 Å². The maximum absolute atomic E-state index is 13.6. The quantitative estimate of drug-likeness (QED) is 0.676. The summed E-state index contributed by atoms with van der Waals surface area (Å²) in [6.45, 7) is 3.26. The van der Waals surface area contributed by atoms with E-state index in [-0.39, 0.29) is 22.6 Å². The van der Waals surface area contributed by atoms with Crippen LogP contribution in [0.1, 0.15) is 30.1 Å². The van der Waals surface area contributed by atoms with Gasteiger partial charge in [-0.25, -0.2) is 4.39 Å². The molecule has 1 fully saturated rings. The molecule has 0 spiro atoms. The molecule has 2 rings (SSSR count). The molecule has 1 amide bonds. The lowest BCUT2D eigenvalue weighted by Crippen LogP contribution is -2.47. The van der Waals surface area contributed by atoms with Crippen molar-refractivity contribution in [3.63, 3.8) is 0 Å². The van der Waals surface area contributed by atoms with E-state index in [2.05, 4.69) is 5.32 Å². The van der Waals surface area contributed by atoms with Gasteiger partial charge in [0, 0.05) is 13.1 Å². The highest BCUT2D eigenvalue weighted by molar-refractivity contribution is 7.80. The van der Waals surface area contributed by atoms with Crippen LogP contribution >= 0.6 is 12.2 Å². The molecule has 1 aliphatic rings. The first-order chi connectivity index (χ1) is 11.0. The van der Waals surface area contributed by atoms with E-state index in [0.717, 1.165) is 0 Å². The second kappa shape index (κ2) is 8.01. The minimum atomic E-state index is -0.589. The molecule has 0 bridgehead atoms. The number of nitrogens with zero attached hydrogens (tertiary/aromatic N) is 1. The molecule has 0 atom stereocenters. The largest absolute Gasteiger partial charge is 0.466 e. The van der Waals surface area contributed by atoms with Crippen molar-refractivity contribution in [3.05, 3.63) is 35.6 Å². The van der Waals surface area contributed by atoms with Gasteiger partial charge >= 0.3 is 5.97 Å². The van der Waals surface area contributed by atoms with Gasteiger partial charge in [-0.05, 0) is 44.1 Å². The smallest absolute Gasteiger partial charge is 0.309 e. The Morgan fingerprint density at radius 1 is 1.35 bits per heavy atom. The van der Waals surface area contributed by atoms with Crippen molar-refractivity contribution < 1.29 is 18.7 Å². The Morgan fingerprint density at radius 2 is 2.00 bits per heavy atom. The Balaban J connectivity index is 1.87. The third kappa shape index (κ3) is 4.48. The van der Waals surface area contributed by atoms with Crippen LogP contribution in [0, 0.1) is 11.7 Å². The van der Waals surface area contributed by atoms with E-state index in [1.165, 1.54) is 18.2 Å². The Kier molecular flexibility index (Phi) is 6.04. The van der Waals surface area contributed by atoms with Crippen LogP contribution in [0.3, 0.4) is 0 Å². The number of thiocarbonyl (C=S) groups is 1. The molecular weight excluding hydrogens is 319 g/mol. The lowest BCUT2D eigenvalue weighted by atomic mass is 9.97. The molecule has 1 N–H and O–H groups in total. The summed E-state index contributed by atoms with van der Waals surface area (Å²) in [6.07, 6.45) is 1.24. The zero-order valence-corrected chi connectivity index (χ0v) is 13.7. The summed E-state index contributed by atoms with van der Waals surface area (Å²) in [4.78, 5) is 25.5. The summed E-state index contributed by atoms with van der Waals surface area (Å²) < 4.78 is 18.6. The topological polar surface area (TPSA) is 58.6 Å². The molecule has 1 aromatic rings. The van der Waals surface area contributed by atoms with E-state index < -0.39 is 11.7 Å².